The van der Waals surface area contributed by atoms with Gasteiger partial charge in [-0.25, -0.2) is 4.79 Å². The van der Waals surface area contributed by atoms with Crippen LogP contribution in [0.15, 0.2) is 0 Å². The van der Waals surface area contributed by atoms with Gasteiger partial charge in [-0.3, -0.25) is 0 Å². The normalized spacial score (nSPS) is 12.1. The summed E-state index contributed by atoms with van der Waals surface area (Å²) in [4.78, 5) is 12.2. The number of amides is 1. The molecule has 0 saturated heterocycles. The lowest BCUT2D eigenvalue weighted by molar-refractivity contribution is -0.0468. The Morgan fingerprint density at radius 1 is 0.478 bits per heavy atom. The molecule has 0 rings (SSSR count). The van der Waals surface area contributed by atoms with E-state index in [1.54, 1.807) is 7.11 Å². The van der Waals surface area contributed by atoms with Gasteiger partial charge in [-0.2, -0.15) is 0 Å². The van der Waals surface area contributed by atoms with Crippen LogP contribution in [0.1, 0.15) is 181 Å². The van der Waals surface area contributed by atoms with Gasteiger partial charge in [0.25, 0.3) is 0 Å². The molecule has 1 amide bonds. The van der Waals surface area contributed by atoms with Gasteiger partial charge in [0, 0.05) is 46.7 Å². The summed E-state index contributed by atoms with van der Waals surface area (Å²) in [5, 5.41) is 2.82. The minimum atomic E-state index is -0.403. The highest BCUT2D eigenvalue weighted by Crippen LogP contribution is 2.13. The molecule has 0 fully saturated rings. The minimum Gasteiger partial charge on any atom is -0.447 e. The van der Waals surface area contributed by atoms with Crippen molar-refractivity contribution in [2.75, 3.05) is 59.9 Å². The molecule has 0 spiro atoms. The number of methoxy groups -OCH3 is 1. The van der Waals surface area contributed by atoms with Crippen LogP contribution in [0.2, 0.25) is 0 Å². The molecule has 0 aliphatic carbocycles. The van der Waals surface area contributed by atoms with Crippen molar-refractivity contribution in [1.82, 2.24) is 5.32 Å². The molecule has 7 heteroatoms. The lowest BCUT2D eigenvalue weighted by atomic mass is 10.1. The number of nitrogens with one attached hydrogen (secondary N) is 1. The highest BCUT2D eigenvalue weighted by atomic mass is 16.6. The zero-order valence-corrected chi connectivity index (χ0v) is 31.1. The molecule has 7 nitrogen and oxygen atoms in total. The summed E-state index contributed by atoms with van der Waals surface area (Å²) in [7, 11) is 1.69. The van der Waals surface area contributed by atoms with E-state index in [0.29, 0.717) is 39.6 Å². The van der Waals surface area contributed by atoms with Gasteiger partial charge in [0.05, 0.1) is 6.61 Å². The van der Waals surface area contributed by atoms with E-state index in [1.165, 1.54) is 141 Å². The Bertz CT molecular complexity index is 579. The highest BCUT2D eigenvalue weighted by molar-refractivity contribution is 5.67. The SMILES string of the molecule is CCCCCCCCCCCCCCOC[C@H](COC(=O)NCCCOCCCOC)OCCCCCCCCCCCCCC. The topological polar surface area (TPSA) is 75.3 Å². The number of hydrogen-bond acceptors (Lipinski definition) is 6. The molecule has 0 radical (unpaired) electrons. The quantitative estimate of drug-likeness (QED) is 0.0663. The molecular formula is C39H79NO6. The van der Waals surface area contributed by atoms with Crippen molar-refractivity contribution in [3.05, 3.63) is 0 Å². The summed E-state index contributed by atoms with van der Waals surface area (Å²) in [5.41, 5.74) is 0. The third-order valence-electron chi connectivity index (χ3n) is 8.57. The number of carbonyl (C=O) groups is 1. The lowest BCUT2D eigenvalue weighted by Gasteiger charge is -2.18. The van der Waals surface area contributed by atoms with Crippen LogP contribution in [-0.4, -0.2) is 72.1 Å². The number of ether oxygens (including phenoxy) is 5. The van der Waals surface area contributed by atoms with Crippen molar-refractivity contribution < 1.29 is 28.5 Å². The van der Waals surface area contributed by atoms with E-state index in [4.69, 9.17) is 23.7 Å². The van der Waals surface area contributed by atoms with Crippen LogP contribution >= 0.6 is 0 Å². The van der Waals surface area contributed by atoms with Crippen LogP contribution in [0.25, 0.3) is 0 Å². The molecule has 0 aromatic carbocycles. The summed E-state index contributed by atoms with van der Waals surface area (Å²) in [6, 6.07) is 0. The average Bonchev–Trinajstić information content (AvgIpc) is 3.06. The minimum absolute atomic E-state index is 0.218. The van der Waals surface area contributed by atoms with Crippen LogP contribution in [0.3, 0.4) is 0 Å². The van der Waals surface area contributed by atoms with Crippen LogP contribution in [0.4, 0.5) is 4.79 Å². The van der Waals surface area contributed by atoms with Gasteiger partial charge in [-0.1, -0.05) is 155 Å². The van der Waals surface area contributed by atoms with Gasteiger partial charge < -0.3 is 29.0 Å². The number of hydrogen-bond donors (Lipinski definition) is 1. The molecule has 0 aromatic heterocycles. The van der Waals surface area contributed by atoms with Crippen molar-refractivity contribution >= 4 is 6.09 Å². The van der Waals surface area contributed by atoms with Gasteiger partial charge in [0.2, 0.25) is 0 Å². The predicted octanol–water partition coefficient (Wildman–Crippen LogP) is 11.0. The highest BCUT2D eigenvalue weighted by Gasteiger charge is 2.13. The first kappa shape index (κ1) is 45.1. The van der Waals surface area contributed by atoms with Crippen molar-refractivity contribution in [3.63, 3.8) is 0 Å². The van der Waals surface area contributed by atoms with E-state index in [1.807, 2.05) is 0 Å². The smallest absolute Gasteiger partial charge is 0.407 e. The second-order valence-electron chi connectivity index (χ2n) is 13.2. The second kappa shape index (κ2) is 40.3. The largest absolute Gasteiger partial charge is 0.447 e. The van der Waals surface area contributed by atoms with Crippen molar-refractivity contribution in [1.29, 1.82) is 0 Å². The predicted molar refractivity (Wildman–Crippen MR) is 194 cm³/mol. The molecule has 1 N–H and O–H groups in total. The standard InChI is InChI=1S/C39H79NO6/c1-4-6-8-10-12-14-16-18-20-22-24-26-32-44-36-38(37-46-39(41)40-30-28-33-43-34-29-31-42-3)45-35-27-25-23-21-19-17-15-13-11-9-7-5-2/h38H,4-37H2,1-3H3,(H,40,41)/t38-/m1/s1. The number of rotatable bonds is 39. The molecule has 0 bridgehead atoms. The Balaban J connectivity index is 4.03. The monoisotopic (exact) mass is 658 g/mol. The van der Waals surface area contributed by atoms with E-state index in [2.05, 4.69) is 19.2 Å². The molecule has 1 atom stereocenters. The zero-order chi connectivity index (χ0) is 33.4. The number of carbonyl (C=O) groups excluding carboxylic acids is 1. The van der Waals surface area contributed by atoms with Crippen molar-refractivity contribution in [2.45, 2.75) is 187 Å². The Hall–Kier alpha value is -0.890. The lowest BCUT2D eigenvalue weighted by Crippen LogP contribution is -2.32. The average molecular weight is 658 g/mol. The Morgan fingerprint density at radius 2 is 0.913 bits per heavy atom. The summed E-state index contributed by atoms with van der Waals surface area (Å²) >= 11 is 0. The third-order valence-corrected chi connectivity index (χ3v) is 8.57. The van der Waals surface area contributed by atoms with Gasteiger partial charge in [0.1, 0.15) is 12.7 Å². The molecule has 46 heavy (non-hydrogen) atoms. The van der Waals surface area contributed by atoms with Crippen molar-refractivity contribution in [2.24, 2.45) is 0 Å². The van der Waals surface area contributed by atoms with E-state index >= 15 is 0 Å². The summed E-state index contributed by atoms with van der Waals surface area (Å²) in [6.07, 6.45) is 32.9. The molecule has 0 saturated carbocycles. The van der Waals surface area contributed by atoms with E-state index < -0.39 is 6.09 Å². The summed E-state index contributed by atoms with van der Waals surface area (Å²) in [5.74, 6) is 0. The number of alkyl carbamates (subject to hydrolysis) is 1. The first-order chi connectivity index (χ1) is 22.7. The van der Waals surface area contributed by atoms with Crippen LogP contribution in [0.5, 0.6) is 0 Å². The molecule has 0 aliphatic heterocycles. The van der Waals surface area contributed by atoms with Gasteiger partial charge in [-0.05, 0) is 25.7 Å². The Kier molecular flexibility index (Phi) is 39.5. The first-order valence-corrected chi connectivity index (χ1v) is 19.9. The van der Waals surface area contributed by atoms with Crippen molar-refractivity contribution in [3.8, 4) is 0 Å². The van der Waals surface area contributed by atoms with Crippen LogP contribution in [0, 0.1) is 0 Å². The van der Waals surface area contributed by atoms with Gasteiger partial charge in [0.15, 0.2) is 0 Å². The maximum atomic E-state index is 12.2. The van der Waals surface area contributed by atoms with Crippen LogP contribution in [-0.2, 0) is 23.7 Å². The van der Waals surface area contributed by atoms with Crippen LogP contribution < -0.4 is 5.32 Å². The summed E-state index contributed by atoms with van der Waals surface area (Å²) in [6.45, 7) is 9.20. The molecule has 0 aromatic rings. The molecule has 0 aliphatic rings. The Labute approximate surface area is 286 Å². The van der Waals surface area contributed by atoms with Gasteiger partial charge >= 0.3 is 6.09 Å². The fourth-order valence-electron chi connectivity index (χ4n) is 5.59. The summed E-state index contributed by atoms with van der Waals surface area (Å²) < 4.78 is 28.1. The third kappa shape index (κ3) is 37.6. The van der Waals surface area contributed by atoms with E-state index in [0.717, 1.165) is 32.3 Å². The fraction of sp³-hybridized carbons (Fsp3) is 0.974. The molecular weight excluding hydrogens is 578 g/mol. The fourth-order valence-corrected chi connectivity index (χ4v) is 5.59. The molecule has 0 unspecified atom stereocenters. The zero-order valence-electron chi connectivity index (χ0n) is 31.1. The number of unbranched alkanes of at least 4 members (excludes halogenated alkanes) is 22. The van der Waals surface area contributed by atoms with E-state index in [-0.39, 0.29) is 12.7 Å². The molecule has 276 valence electrons. The maximum absolute atomic E-state index is 12.2. The van der Waals surface area contributed by atoms with Gasteiger partial charge in [-0.15, -0.1) is 0 Å². The first-order valence-electron chi connectivity index (χ1n) is 19.9. The molecule has 0 heterocycles. The maximum Gasteiger partial charge on any atom is 0.407 e. The van der Waals surface area contributed by atoms with E-state index in [9.17, 15) is 4.79 Å². The Morgan fingerprint density at radius 3 is 1.41 bits per heavy atom. The second-order valence-corrected chi connectivity index (χ2v) is 13.2.